The first-order chi connectivity index (χ1) is 7.08. The third-order valence-electron chi connectivity index (χ3n) is 3.36. The van der Waals surface area contributed by atoms with Crippen molar-refractivity contribution in [1.82, 2.24) is 5.32 Å². The zero-order valence-corrected chi connectivity index (χ0v) is 9.59. The smallest absolute Gasteiger partial charge is 0.0867 e. The van der Waals surface area contributed by atoms with Gasteiger partial charge in [-0.15, -0.1) is 0 Å². The first-order valence-corrected chi connectivity index (χ1v) is 5.66. The summed E-state index contributed by atoms with van der Waals surface area (Å²) in [5.74, 6) is 0. The molecule has 0 aromatic heterocycles. The van der Waals surface area contributed by atoms with Crippen molar-refractivity contribution in [3.63, 3.8) is 0 Å². The molecule has 0 spiro atoms. The molecule has 15 heavy (non-hydrogen) atoms. The Morgan fingerprint density at radius 2 is 2.27 bits per heavy atom. The zero-order chi connectivity index (χ0) is 10.9. The van der Waals surface area contributed by atoms with Crippen LogP contribution >= 0.6 is 0 Å². The van der Waals surface area contributed by atoms with Gasteiger partial charge in [-0.1, -0.05) is 19.9 Å². The van der Waals surface area contributed by atoms with E-state index in [-0.39, 0.29) is 6.04 Å². The molecule has 2 heteroatoms. The highest BCUT2D eigenvalue weighted by Crippen LogP contribution is 2.36. The van der Waals surface area contributed by atoms with E-state index in [9.17, 15) is 0 Å². The Morgan fingerprint density at radius 1 is 1.47 bits per heavy atom. The van der Waals surface area contributed by atoms with E-state index in [1.807, 2.05) is 18.4 Å². The van der Waals surface area contributed by atoms with Crippen LogP contribution in [-0.4, -0.2) is 6.04 Å². The highest BCUT2D eigenvalue weighted by Gasteiger charge is 2.26. The van der Waals surface area contributed by atoms with Gasteiger partial charge in [0.15, 0.2) is 0 Å². The Hall–Kier alpha value is -1.18. The van der Waals surface area contributed by atoms with E-state index >= 15 is 0 Å². The topological polar surface area (TPSA) is 38.0 Å². The summed E-state index contributed by atoms with van der Waals surface area (Å²) >= 11 is 0. The quantitative estimate of drug-likeness (QED) is 0.644. The SMILES string of the molecule is CC1(C)CC=C(C2NC=CC=C2N)CC1. The first kappa shape index (κ1) is 10.3. The molecule has 1 unspecified atom stereocenters. The maximum atomic E-state index is 5.98. The summed E-state index contributed by atoms with van der Waals surface area (Å²) in [4.78, 5) is 0. The highest BCUT2D eigenvalue weighted by molar-refractivity contribution is 5.32. The van der Waals surface area contributed by atoms with Gasteiger partial charge in [0.25, 0.3) is 0 Å². The summed E-state index contributed by atoms with van der Waals surface area (Å²) in [6.45, 7) is 4.65. The Kier molecular flexibility index (Phi) is 2.59. The lowest BCUT2D eigenvalue weighted by Crippen LogP contribution is -2.35. The zero-order valence-electron chi connectivity index (χ0n) is 9.59. The minimum atomic E-state index is 0.242. The highest BCUT2D eigenvalue weighted by atomic mass is 14.9. The van der Waals surface area contributed by atoms with Crippen molar-refractivity contribution in [2.24, 2.45) is 11.1 Å². The van der Waals surface area contributed by atoms with E-state index in [2.05, 4.69) is 25.2 Å². The summed E-state index contributed by atoms with van der Waals surface area (Å²) in [7, 11) is 0. The van der Waals surface area contributed by atoms with E-state index in [0.717, 1.165) is 18.5 Å². The fraction of sp³-hybridized carbons (Fsp3) is 0.538. The molecule has 1 atom stereocenters. The third-order valence-corrected chi connectivity index (χ3v) is 3.36. The maximum Gasteiger partial charge on any atom is 0.0867 e. The lowest BCUT2D eigenvalue weighted by Gasteiger charge is -2.32. The molecule has 0 aromatic carbocycles. The lowest BCUT2D eigenvalue weighted by atomic mass is 9.76. The van der Waals surface area contributed by atoms with Gasteiger partial charge in [-0.25, -0.2) is 0 Å². The Bertz CT molecular complexity index is 334. The monoisotopic (exact) mass is 204 g/mol. The molecule has 1 aliphatic heterocycles. The number of allylic oxidation sites excluding steroid dienone is 3. The number of hydrogen-bond donors (Lipinski definition) is 2. The fourth-order valence-corrected chi connectivity index (χ4v) is 2.18. The summed E-state index contributed by atoms with van der Waals surface area (Å²) in [6, 6.07) is 0.242. The second-order valence-corrected chi connectivity index (χ2v) is 5.27. The molecule has 0 saturated carbocycles. The molecule has 0 amide bonds. The van der Waals surface area contributed by atoms with Crippen LogP contribution in [0.2, 0.25) is 0 Å². The van der Waals surface area contributed by atoms with E-state index < -0.39 is 0 Å². The van der Waals surface area contributed by atoms with E-state index in [0.29, 0.717) is 5.41 Å². The summed E-state index contributed by atoms with van der Waals surface area (Å²) < 4.78 is 0. The molecule has 2 nitrogen and oxygen atoms in total. The van der Waals surface area contributed by atoms with Crippen LogP contribution in [0.15, 0.2) is 35.7 Å². The van der Waals surface area contributed by atoms with Crippen LogP contribution < -0.4 is 11.1 Å². The predicted octanol–water partition coefficient (Wildman–Crippen LogP) is 2.45. The van der Waals surface area contributed by atoms with Crippen LogP contribution in [0.4, 0.5) is 0 Å². The Labute approximate surface area is 91.9 Å². The molecule has 0 fully saturated rings. The standard InChI is InChI=1S/C13H20N2/c1-13(2)7-5-10(6-8-13)12-11(14)4-3-9-15-12/h3-5,9,12,15H,6-8,14H2,1-2H3. The molecule has 3 N–H and O–H groups in total. The van der Waals surface area contributed by atoms with Crippen LogP contribution in [0.3, 0.4) is 0 Å². The van der Waals surface area contributed by atoms with Gasteiger partial charge in [-0.2, -0.15) is 0 Å². The second-order valence-electron chi connectivity index (χ2n) is 5.27. The van der Waals surface area contributed by atoms with Gasteiger partial charge in [0.2, 0.25) is 0 Å². The summed E-state index contributed by atoms with van der Waals surface area (Å²) in [5.41, 5.74) is 8.83. The van der Waals surface area contributed by atoms with Crippen molar-refractivity contribution >= 4 is 0 Å². The van der Waals surface area contributed by atoms with Gasteiger partial charge < -0.3 is 11.1 Å². The number of rotatable bonds is 1. The van der Waals surface area contributed by atoms with Gasteiger partial charge in [0, 0.05) is 5.70 Å². The molecule has 0 saturated heterocycles. The van der Waals surface area contributed by atoms with Gasteiger partial charge >= 0.3 is 0 Å². The van der Waals surface area contributed by atoms with Gasteiger partial charge in [0.05, 0.1) is 6.04 Å². The van der Waals surface area contributed by atoms with Gasteiger partial charge in [-0.05, 0) is 48.6 Å². The van der Waals surface area contributed by atoms with Crippen molar-refractivity contribution in [1.29, 1.82) is 0 Å². The predicted molar refractivity (Wildman–Crippen MR) is 64.0 cm³/mol. The van der Waals surface area contributed by atoms with Crippen molar-refractivity contribution in [3.05, 3.63) is 35.7 Å². The second kappa shape index (κ2) is 3.76. The van der Waals surface area contributed by atoms with Crippen LogP contribution in [-0.2, 0) is 0 Å². The lowest BCUT2D eigenvalue weighted by molar-refractivity contribution is 0.319. The molecule has 0 bridgehead atoms. The summed E-state index contributed by atoms with van der Waals surface area (Å²) in [6.07, 6.45) is 11.9. The normalized spacial score (nSPS) is 29.1. The number of dihydropyridines is 1. The van der Waals surface area contributed by atoms with E-state index in [1.165, 1.54) is 12.0 Å². The summed E-state index contributed by atoms with van der Waals surface area (Å²) in [5, 5.41) is 3.32. The van der Waals surface area contributed by atoms with Crippen molar-refractivity contribution < 1.29 is 0 Å². The largest absolute Gasteiger partial charge is 0.400 e. The fourth-order valence-electron chi connectivity index (χ4n) is 2.18. The molecule has 2 rings (SSSR count). The van der Waals surface area contributed by atoms with Crippen LogP contribution in [0.1, 0.15) is 33.1 Å². The Balaban J connectivity index is 2.10. The molecule has 2 aliphatic rings. The van der Waals surface area contributed by atoms with Crippen molar-refractivity contribution in [2.45, 2.75) is 39.2 Å². The first-order valence-electron chi connectivity index (χ1n) is 5.66. The van der Waals surface area contributed by atoms with Crippen molar-refractivity contribution in [3.8, 4) is 0 Å². The maximum absolute atomic E-state index is 5.98. The van der Waals surface area contributed by atoms with E-state index in [1.54, 1.807) is 0 Å². The molecule has 0 radical (unpaired) electrons. The van der Waals surface area contributed by atoms with E-state index in [4.69, 9.17) is 5.73 Å². The number of nitrogens with two attached hydrogens (primary N) is 1. The number of hydrogen-bond acceptors (Lipinski definition) is 2. The van der Waals surface area contributed by atoms with Crippen molar-refractivity contribution in [2.75, 3.05) is 0 Å². The number of nitrogens with one attached hydrogen (secondary N) is 1. The molecule has 82 valence electrons. The Morgan fingerprint density at radius 3 is 2.87 bits per heavy atom. The molecule has 1 aliphatic carbocycles. The molecule has 1 heterocycles. The molecular weight excluding hydrogens is 184 g/mol. The minimum Gasteiger partial charge on any atom is -0.400 e. The molecular formula is C13H20N2. The van der Waals surface area contributed by atoms with Gasteiger partial charge in [-0.3, -0.25) is 0 Å². The average molecular weight is 204 g/mol. The van der Waals surface area contributed by atoms with Crippen LogP contribution in [0.25, 0.3) is 0 Å². The minimum absolute atomic E-state index is 0.242. The molecule has 0 aromatic rings. The average Bonchev–Trinajstić information content (AvgIpc) is 2.19. The van der Waals surface area contributed by atoms with Gasteiger partial charge in [0.1, 0.15) is 0 Å². The third kappa shape index (κ3) is 2.25. The van der Waals surface area contributed by atoms with Crippen LogP contribution in [0, 0.1) is 5.41 Å². The van der Waals surface area contributed by atoms with Crippen LogP contribution in [0.5, 0.6) is 0 Å².